The maximum atomic E-state index is 12.6. The molecule has 0 radical (unpaired) electrons. The molecule has 3 amide bonds. The van der Waals surface area contributed by atoms with Gasteiger partial charge in [-0.05, 0) is 40.2 Å². The summed E-state index contributed by atoms with van der Waals surface area (Å²) in [5.74, 6) is -0.177. The van der Waals surface area contributed by atoms with E-state index < -0.39 is 0 Å². The van der Waals surface area contributed by atoms with Crippen LogP contribution in [0.3, 0.4) is 0 Å². The molecule has 0 unspecified atom stereocenters. The molecule has 0 aromatic heterocycles. The van der Waals surface area contributed by atoms with E-state index in [-0.39, 0.29) is 17.0 Å². The molecule has 2 aromatic rings. The van der Waals surface area contributed by atoms with Crippen molar-refractivity contribution in [2.45, 2.75) is 0 Å². The van der Waals surface area contributed by atoms with Gasteiger partial charge in [0.05, 0.1) is 21.3 Å². The minimum absolute atomic E-state index is 0.177. The summed E-state index contributed by atoms with van der Waals surface area (Å²) in [5.41, 5.74) is 1.09. The molecule has 136 valence electrons. The number of urea groups is 1. The van der Waals surface area contributed by atoms with Gasteiger partial charge in [-0.1, -0.05) is 41.4 Å². The summed E-state index contributed by atoms with van der Waals surface area (Å²) in [6.45, 7) is 1.76. The predicted molar refractivity (Wildman–Crippen MR) is 107 cm³/mol. The summed E-state index contributed by atoms with van der Waals surface area (Å²) in [6, 6.07) is 12.2. The number of carbonyl (C=O) groups is 2. The Kier molecular flexibility index (Phi) is 6.06. The molecular formula is C18H16BrCl2N3O2. The van der Waals surface area contributed by atoms with Crippen LogP contribution in [0, 0.1) is 0 Å². The fourth-order valence-electron chi connectivity index (χ4n) is 2.71. The van der Waals surface area contributed by atoms with Crippen LogP contribution in [0.2, 0.25) is 10.0 Å². The third-order valence-electron chi connectivity index (χ3n) is 4.15. The second kappa shape index (κ2) is 8.29. The van der Waals surface area contributed by atoms with Crippen LogP contribution in [0.25, 0.3) is 0 Å². The van der Waals surface area contributed by atoms with Crippen molar-refractivity contribution in [1.82, 2.24) is 9.80 Å². The zero-order valence-corrected chi connectivity index (χ0v) is 16.8. The number of nitrogens with zero attached hydrogens (tertiary/aromatic N) is 2. The van der Waals surface area contributed by atoms with Gasteiger partial charge in [0.15, 0.2) is 0 Å². The quantitative estimate of drug-likeness (QED) is 0.709. The SMILES string of the molecule is O=C(Nc1ccccc1Br)N1CCN(C(=O)c2cccc(Cl)c2Cl)CC1. The van der Waals surface area contributed by atoms with Gasteiger partial charge >= 0.3 is 6.03 Å². The van der Waals surface area contributed by atoms with Gasteiger partial charge in [-0.2, -0.15) is 0 Å². The molecule has 0 aliphatic carbocycles. The Balaban J connectivity index is 1.60. The first-order valence-electron chi connectivity index (χ1n) is 8.01. The Labute approximate surface area is 170 Å². The lowest BCUT2D eigenvalue weighted by Crippen LogP contribution is -2.51. The van der Waals surface area contributed by atoms with E-state index in [1.54, 1.807) is 28.0 Å². The zero-order valence-electron chi connectivity index (χ0n) is 13.7. The van der Waals surface area contributed by atoms with Crippen molar-refractivity contribution in [2.24, 2.45) is 0 Å². The van der Waals surface area contributed by atoms with Gasteiger partial charge in [0, 0.05) is 30.7 Å². The number of hydrogen-bond acceptors (Lipinski definition) is 2. The number of anilines is 1. The van der Waals surface area contributed by atoms with E-state index in [1.165, 1.54) is 0 Å². The minimum Gasteiger partial charge on any atom is -0.335 e. The van der Waals surface area contributed by atoms with Crippen LogP contribution in [-0.4, -0.2) is 47.9 Å². The topological polar surface area (TPSA) is 52.7 Å². The summed E-state index contributed by atoms with van der Waals surface area (Å²) >= 11 is 15.5. The molecule has 0 bridgehead atoms. The number of hydrogen-bond donors (Lipinski definition) is 1. The maximum Gasteiger partial charge on any atom is 0.321 e. The molecule has 1 aliphatic rings. The molecule has 1 N–H and O–H groups in total. The number of piperazine rings is 1. The number of halogens is 3. The average molecular weight is 457 g/mol. The van der Waals surface area contributed by atoms with Crippen LogP contribution in [0.15, 0.2) is 46.9 Å². The highest BCUT2D eigenvalue weighted by molar-refractivity contribution is 9.10. The number of amides is 3. The van der Waals surface area contributed by atoms with Crippen molar-refractivity contribution in [1.29, 1.82) is 0 Å². The van der Waals surface area contributed by atoms with Crippen LogP contribution in [0.1, 0.15) is 10.4 Å². The van der Waals surface area contributed by atoms with Crippen LogP contribution >= 0.6 is 39.1 Å². The maximum absolute atomic E-state index is 12.6. The molecule has 8 heteroatoms. The standard InChI is InChI=1S/C18H16BrCl2N3O2/c19-13-5-1-2-7-15(13)22-18(26)24-10-8-23(9-11-24)17(25)12-4-3-6-14(20)16(12)21/h1-7H,8-11H2,(H,22,26). The van der Waals surface area contributed by atoms with Gasteiger partial charge < -0.3 is 15.1 Å². The molecular weight excluding hydrogens is 441 g/mol. The molecule has 1 heterocycles. The van der Waals surface area contributed by atoms with Crippen LogP contribution in [-0.2, 0) is 0 Å². The highest BCUT2D eigenvalue weighted by Crippen LogP contribution is 2.27. The Hall–Kier alpha value is -1.76. The summed E-state index contributed by atoms with van der Waals surface area (Å²) < 4.78 is 0.817. The monoisotopic (exact) mass is 455 g/mol. The zero-order chi connectivity index (χ0) is 18.7. The lowest BCUT2D eigenvalue weighted by Gasteiger charge is -2.35. The fourth-order valence-corrected chi connectivity index (χ4v) is 3.47. The van der Waals surface area contributed by atoms with Gasteiger partial charge in [-0.3, -0.25) is 4.79 Å². The summed E-state index contributed by atoms with van der Waals surface area (Å²) in [5, 5.41) is 3.48. The second-order valence-corrected chi connectivity index (χ2v) is 7.43. The van der Waals surface area contributed by atoms with Crippen LogP contribution in [0.4, 0.5) is 10.5 Å². The third kappa shape index (κ3) is 4.14. The highest BCUT2D eigenvalue weighted by atomic mass is 79.9. The van der Waals surface area contributed by atoms with Gasteiger partial charge in [0.1, 0.15) is 0 Å². The first-order chi connectivity index (χ1) is 12.5. The normalized spacial score (nSPS) is 14.3. The van der Waals surface area contributed by atoms with E-state index >= 15 is 0 Å². The minimum atomic E-state index is -0.190. The fraction of sp³-hybridized carbons (Fsp3) is 0.222. The summed E-state index contributed by atoms with van der Waals surface area (Å²) in [7, 11) is 0. The van der Waals surface area contributed by atoms with Gasteiger partial charge in [-0.15, -0.1) is 0 Å². The van der Waals surface area contributed by atoms with Crippen LogP contribution < -0.4 is 5.32 Å². The molecule has 1 saturated heterocycles. The lowest BCUT2D eigenvalue weighted by molar-refractivity contribution is 0.0672. The van der Waals surface area contributed by atoms with Crippen LogP contribution in [0.5, 0.6) is 0 Å². The van der Waals surface area contributed by atoms with Crippen molar-refractivity contribution in [3.8, 4) is 0 Å². The third-order valence-corrected chi connectivity index (χ3v) is 5.66. The molecule has 0 atom stereocenters. The molecule has 26 heavy (non-hydrogen) atoms. The highest BCUT2D eigenvalue weighted by Gasteiger charge is 2.26. The largest absolute Gasteiger partial charge is 0.335 e. The molecule has 1 aliphatic heterocycles. The molecule has 1 fully saturated rings. The first-order valence-corrected chi connectivity index (χ1v) is 9.56. The lowest BCUT2D eigenvalue weighted by atomic mass is 10.2. The first kappa shape index (κ1) is 19.0. The Morgan fingerprint density at radius 1 is 0.923 bits per heavy atom. The average Bonchev–Trinajstić information content (AvgIpc) is 2.65. The van der Waals surface area contributed by atoms with Gasteiger partial charge in [0.2, 0.25) is 0 Å². The van der Waals surface area contributed by atoms with E-state index in [0.29, 0.717) is 42.5 Å². The number of para-hydroxylation sites is 1. The Morgan fingerprint density at radius 2 is 1.58 bits per heavy atom. The smallest absolute Gasteiger partial charge is 0.321 e. The Bertz CT molecular complexity index is 839. The van der Waals surface area contributed by atoms with Crippen molar-refractivity contribution in [2.75, 3.05) is 31.5 Å². The molecule has 0 spiro atoms. The van der Waals surface area contributed by atoms with E-state index in [4.69, 9.17) is 23.2 Å². The van der Waals surface area contributed by atoms with Crippen molar-refractivity contribution < 1.29 is 9.59 Å². The predicted octanol–water partition coefficient (Wildman–Crippen LogP) is 4.75. The second-order valence-electron chi connectivity index (χ2n) is 5.79. The molecule has 3 rings (SSSR count). The van der Waals surface area contributed by atoms with Crippen molar-refractivity contribution >= 4 is 56.8 Å². The number of carbonyl (C=O) groups excluding carboxylic acids is 2. The van der Waals surface area contributed by atoms with Crippen molar-refractivity contribution in [3.63, 3.8) is 0 Å². The van der Waals surface area contributed by atoms with E-state index in [2.05, 4.69) is 21.2 Å². The van der Waals surface area contributed by atoms with Gasteiger partial charge in [0.25, 0.3) is 5.91 Å². The molecule has 5 nitrogen and oxygen atoms in total. The number of benzene rings is 2. The van der Waals surface area contributed by atoms with Crippen molar-refractivity contribution in [3.05, 3.63) is 62.5 Å². The number of rotatable bonds is 2. The summed E-state index contributed by atoms with van der Waals surface area (Å²) in [4.78, 5) is 28.4. The van der Waals surface area contributed by atoms with E-state index in [0.717, 1.165) is 4.47 Å². The molecule has 2 aromatic carbocycles. The van der Waals surface area contributed by atoms with E-state index in [9.17, 15) is 9.59 Å². The van der Waals surface area contributed by atoms with Gasteiger partial charge in [-0.25, -0.2) is 4.79 Å². The Morgan fingerprint density at radius 3 is 2.27 bits per heavy atom. The number of nitrogens with one attached hydrogen (secondary N) is 1. The van der Waals surface area contributed by atoms with E-state index in [1.807, 2.05) is 24.3 Å². The summed E-state index contributed by atoms with van der Waals surface area (Å²) in [6.07, 6.45) is 0. The molecule has 0 saturated carbocycles.